The third-order valence-corrected chi connectivity index (χ3v) is 3.85. The zero-order valence-electron chi connectivity index (χ0n) is 14.8. The van der Waals surface area contributed by atoms with Crippen LogP contribution in [0.1, 0.15) is 25.7 Å². The van der Waals surface area contributed by atoms with Gasteiger partial charge in [0.05, 0.1) is 20.2 Å². The first-order valence-corrected chi connectivity index (χ1v) is 10.5. The van der Waals surface area contributed by atoms with E-state index in [1.807, 2.05) is 0 Å². The average Bonchev–Trinajstić information content (AvgIpc) is 2.49. The Morgan fingerprint density at radius 3 is 1.30 bits per heavy atom. The van der Waals surface area contributed by atoms with E-state index in [4.69, 9.17) is 0 Å². The second-order valence-electron chi connectivity index (χ2n) is 4.67. The molecule has 0 aromatic rings. The van der Waals surface area contributed by atoms with Crippen LogP contribution in [-0.4, -0.2) is 100 Å². The average molecular weight is 455 g/mol. The van der Waals surface area contributed by atoms with Gasteiger partial charge < -0.3 is 18.6 Å². The predicted octanol–water partition coefficient (Wildman–Crippen LogP) is -0.299. The van der Waals surface area contributed by atoms with Crippen molar-refractivity contribution in [1.82, 2.24) is 0 Å². The molecule has 0 N–H and O–H groups in total. The molecule has 0 aromatic heterocycles. The number of esters is 2. The molecule has 0 spiro atoms. The summed E-state index contributed by atoms with van der Waals surface area (Å²) in [6.45, 7) is 6.86. The van der Waals surface area contributed by atoms with Crippen molar-refractivity contribution in [2.75, 3.05) is 24.7 Å². The summed E-state index contributed by atoms with van der Waals surface area (Å²) < 4.78 is 69.7. The van der Waals surface area contributed by atoms with Gasteiger partial charge in [-0.15, -0.1) is 0 Å². The van der Waals surface area contributed by atoms with Gasteiger partial charge in [-0.1, -0.05) is 25.3 Å². The quantitative estimate of drug-likeness (QED) is 0.165. The van der Waals surface area contributed by atoms with Crippen LogP contribution in [0, 0.1) is 0 Å². The summed E-state index contributed by atoms with van der Waals surface area (Å²) in [5.41, 5.74) is 0. The number of ether oxygens (including phenoxy) is 2. The maximum atomic E-state index is 10.7. The number of rotatable bonds is 12. The Bertz CT molecular complexity index is 597. The van der Waals surface area contributed by atoms with Crippen LogP contribution in [0.4, 0.5) is 0 Å². The maximum absolute atomic E-state index is 10.7. The van der Waals surface area contributed by atoms with Crippen LogP contribution in [0.3, 0.4) is 0 Å². The molecular weight excluding hydrogens is 432 g/mol. The topological polar surface area (TPSA) is 167 Å². The summed E-state index contributed by atoms with van der Waals surface area (Å²) in [6.07, 6.45) is 2.69. The third kappa shape index (κ3) is 30.5. The predicted molar refractivity (Wildman–Crippen MR) is 95.7 cm³/mol. The van der Waals surface area contributed by atoms with Crippen molar-refractivity contribution in [3.8, 4) is 0 Å². The largest absolute Gasteiger partial charge is 2.00 e. The van der Waals surface area contributed by atoms with Crippen molar-refractivity contribution in [2.45, 2.75) is 25.7 Å². The van der Waals surface area contributed by atoms with Gasteiger partial charge in [0.1, 0.15) is 13.2 Å². The minimum absolute atomic E-state index is 0. The van der Waals surface area contributed by atoms with E-state index in [0.29, 0.717) is 0 Å². The number of hydrogen-bond acceptors (Lipinski definition) is 10. The van der Waals surface area contributed by atoms with E-state index in [2.05, 4.69) is 22.6 Å². The number of hydrogen-bond donors (Lipinski definition) is 0. The van der Waals surface area contributed by atoms with Crippen molar-refractivity contribution in [3.05, 3.63) is 25.3 Å². The van der Waals surface area contributed by atoms with Gasteiger partial charge in [-0.2, -0.15) is 0 Å². The zero-order chi connectivity index (χ0) is 20.6. The molecule has 0 aliphatic carbocycles. The zero-order valence-corrected chi connectivity index (χ0v) is 18.7. The molecule has 0 saturated carbocycles. The number of carbonyl (C=O) groups excluding carboxylic acids is 2. The molecule has 10 nitrogen and oxygen atoms in total. The Balaban J connectivity index is -0.000000411. The van der Waals surface area contributed by atoms with E-state index in [1.54, 1.807) is 0 Å². The van der Waals surface area contributed by atoms with E-state index >= 15 is 0 Å². The van der Waals surface area contributed by atoms with E-state index in [9.17, 15) is 35.5 Å². The van der Waals surface area contributed by atoms with Crippen molar-refractivity contribution in [2.24, 2.45) is 0 Å². The van der Waals surface area contributed by atoms with Crippen molar-refractivity contribution in [1.29, 1.82) is 0 Å². The Morgan fingerprint density at radius 1 is 0.778 bits per heavy atom. The maximum Gasteiger partial charge on any atom is 2.00 e. The smallest absolute Gasteiger partial charge is 0.748 e. The Hall–Kier alpha value is -0.500. The fourth-order valence-electron chi connectivity index (χ4n) is 1.23. The summed E-state index contributed by atoms with van der Waals surface area (Å²) in [5.74, 6) is -2.11. The molecule has 0 radical (unpaired) electrons. The van der Waals surface area contributed by atoms with Crippen LogP contribution < -0.4 is 0 Å². The summed E-state index contributed by atoms with van der Waals surface area (Å²) >= 11 is 0. The first-order chi connectivity index (χ1) is 11.9. The molecule has 13 heteroatoms. The van der Waals surface area contributed by atoms with Gasteiger partial charge in [-0.3, -0.25) is 9.59 Å². The molecule has 152 valence electrons. The van der Waals surface area contributed by atoms with Gasteiger partial charge in [-0.25, -0.2) is 16.8 Å². The Labute approximate surface area is 189 Å². The first-order valence-electron chi connectivity index (χ1n) is 7.31. The molecule has 0 aliphatic heterocycles. The summed E-state index contributed by atoms with van der Waals surface area (Å²) in [7, 11) is -8.44. The fraction of sp³-hybridized carbons (Fsp3) is 0.571. The molecule has 0 unspecified atom stereocenters. The Morgan fingerprint density at radius 2 is 1.07 bits per heavy atom. The second kappa shape index (κ2) is 17.6. The summed E-state index contributed by atoms with van der Waals surface area (Å²) in [6, 6.07) is 0. The standard InChI is InChI=1S/2C7H12O5S.Ca/c2*1-2-5-12-7(8)4-3-6-13(9,10)11;/h2*2H,1,3-6H2,(H,9,10,11);/q;;+2/p-2. The van der Waals surface area contributed by atoms with E-state index < -0.39 is 43.7 Å². The molecule has 0 aromatic carbocycles. The minimum Gasteiger partial charge on any atom is -0.748 e. The van der Waals surface area contributed by atoms with Crippen LogP contribution in [0.5, 0.6) is 0 Å². The SMILES string of the molecule is C=CCOC(=O)CCCS(=O)(=O)[O-].C=CCOC(=O)CCCS(=O)(=O)[O-].[Ca+2]. The van der Waals surface area contributed by atoms with E-state index in [1.165, 1.54) is 12.2 Å². The van der Waals surface area contributed by atoms with E-state index in [-0.39, 0.29) is 76.6 Å². The minimum atomic E-state index is -4.22. The van der Waals surface area contributed by atoms with Gasteiger partial charge in [0, 0.05) is 24.3 Å². The van der Waals surface area contributed by atoms with Gasteiger partial charge in [0.2, 0.25) is 0 Å². The second-order valence-corrected chi connectivity index (χ2v) is 7.72. The third-order valence-electron chi connectivity index (χ3n) is 2.27. The molecule has 0 rings (SSSR count). The van der Waals surface area contributed by atoms with Gasteiger partial charge >= 0.3 is 49.7 Å². The Kier molecular flexibility index (Phi) is 20.3. The molecule has 0 atom stereocenters. The molecule has 0 heterocycles. The van der Waals surface area contributed by atoms with Crippen LogP contribution in [0.15, 0.2) is 25.3 Å². The molecule has 0 bridgehead atoms. The van der Waals surface area contributed by atoms with Crippen LogP contribution >= 0.6 is 0 Å². The summed E-state index contributed by atoms with van der Waals surface area (Å²) in [5, 5.41) is 0. The van der Waals surface area contributed by atoms with Crippen LogP contribution in [-0.2, 0) is 39.3 Å². The molecule has 0 saturated heterocycles. The van der Waals surface area contributed by atoms with Gasteiger partial charge in [0.25, 0.3) is 0 Å². The molecular formula is C14H22CaO10S2. The van der Waals surface area contributed by atoms with Gasteiger partial charge in [-0.05, 0) is 12.8 Å². The van der Waals surface area contributed by atoms with E-state index in [0.717, 1.165) is 0 Å². The van der Waals surface area contributed by atoms with Crippen molar-refractivity contribution < 1.29 is 45.0 Å². The molecule has 27 heavy (non-hydrogen) atoms. The fourth-order valence-corrected chi connectivity index (χ4v) is 2.23. The van der Waals surface area contributed by atoms with Gasteiger partial charge in [0.15, 0.2) is 0 Å². The monoisotopic (exact) mass is 454 g/mol. The summed E-state index contributed by atoms with van der Waals surface area (Å²) in [4.78, 5) is 21.4. The molecule has 0 fully saturated rings. The first kappa shape index (κ1) is 31.2. The molecule has 0 amide bonds. The normalized spacial score (nSPS) is 10.4. The van der Waals surface area contributed by atoms with Crippen LogP contribution in [0.25, 0.3) is 0 Å². The molecule has 0 aliphatic rings. The van der Waals surface area contributed by atoms with Crippen LogP contribution in [0.2, 0.25) is 0 Å². The van der Waals surface area contributed by atoms with Crippen molar-refractivity contribution in [3.63, 3.8) is 0 Å². The number of carbonyl (C=O) groups is 2. The van der Waals surface area contributed by atoms with Crippen molar-refractivity contribution >= 4 is 69.9 Å².